The molecule has 2 amide bonds. The fourth-order valence-corrected chi connectivity index (χ4v) is 6.86. The number of carbonyl (C=O) groups is 2. The number of hydrogen-bond acceptors (Lipinski definition) is 4. The molecule has 0 bridgehead atoms. The zero-order chi connectivity index (χ0) is 38.1. The lowest BCUT2D eigenvalue weighted by atomic mass is 10.0. The lowest BCUT2D eigenvalue weighted by molar-refractivity contribution is 0.0980. The molecule has 0 aliphatic carbocycles. The van der Waals surface area contributed by atoms with Crippen LogP contribution in [-0.2, 0) is 0 Å². The second-order valence-corrected chi connectivity index (χ2v) is 14.2. The number of amides is 2. The normalized spacial score (nSPS) is 11.0. The largest absolute Gasteiger partial charge is 0.508 e. The molecule has 0 spiro atoms. The molecular weight excluding hydrogens is 669 g/mol. The summed E-state index contributed by atoms with van der Waals surface area (Å²) in [4.78, 5) is 32.4. The Hall–Kier alpha value is -5.36. The van der Waals surface area contributed by atoms with Gasteiger partial charge in [0.25, 0.3) is 11.8 Å². The summed E-state index contributed by atoms with van der Waals surface area (Å²) < 4.78 is 0. The smallest absolute Gasteiger partial charge is 0.258 e. The van der Waals surface area contributed by atoms with Gasteiger partial charge in [-0.3, -0.25) is 9.59 Å². The second-order valence-electron chi connectivity index (χ2n) is 14.2. The maximum Gasteiger partial charge on any atom is 0.258 e. The predicted molar refractivity (Wildman–Crippen MR) is 224 cm³/mol. The Morgan fingerprint density at radius 2 is 0.741 bits per heavy atom. The van der Waals surface area contributed by atoms with Gasteiger partial charge in [0, 0.05) is 35.6 Å². The first-order valence-electron chi connectivity index (χ1n) is 19.9. The molecule has 0 aliphatic heterocycles. The maximum absolute atomic E-state index is 14.3. The van der Waals surface area contributed by atoms with E-state index in [1.54, 1.807) is 24.3 Å². The number of carbonyl (C=O) groups excluding carboxylic acids is 2. The van der Waals surface area contributed by atoms with Crippen LogP contribution in [0.4, 0.5) is 11.4 Å². The van der Waals surface area contributed by atoms with Gasteiger partial charge >= 0.3 is 0 Å². The monoisotopic (exact) mass is 724 g/mol. The van der Waals surface area contributed by atoms with Crippen LogP contribution in [0.15, 0.2) is 121 Å². The molecule has 282 valence electrons. The molecule has 5 aromatic carbocycles. The Morgan fingerprint density at radius 1 is 0.426 bits per heavy atom. The van der Waals surface area contributed by atoms with Crippen LogP contribution in [0.2, 0.25) is 0 Å². The highest BCUT2D eigenvalue weighted by Gasteiger charge is 2.22. The molecule has 0 fully saturated rings. The topological polar surface area (TPSA) is 81.1 Å². The molecule has 0 aromatic heterocycles. The Bertz CT molecular complexity index is 1750. The van der Waals surface area contributed by atoms with Crippen LogP contribution < -0.4 is 9.80 Å². The lowest BCUT2D eigenvalue weighted by Gasteiger charge is -2.27. The van der Waals surface area contributed by atoms with E-state index in [2.05, 4.69) is 13.8 Å². The van der Waals surface area contributed by atoms with Crippen LogP contribution in [0.3, 0.4) is 0 Å². The van der Waals surface area contributed by atoms with Gasteiger partial charge < -0.3 is 20.0 Å². The van der Waals surface area contributed by atoms with E-state index in [4.69, 9.17) is 0 Å². The molecular formula is C48H56N2O4. The summed E-state index contributed by atoms with van der Waals surface area (Å²) in [5, 5.41) is 19.4. The molecule has 54 heavy (non-hydrogen) atoms. The summed E-state index contributed by atoms with van der Waals surface area (Å²) in [5.41, 5.74) is 6.62. The van der Waals surface area contributed by atoms with Crippen molar-refractivity contribution in [3.8, 4) is 33.8 Å². The third kappa shape index (κ3) is 11.3. The number of benzene rings is 5. The van der Waals surface area contributed by atoms with Crippen LogP contribution in [-0.4, -0.2) is 35.1 Å². The van der Waals surface area contributed by atoms with Crippen molar-refractivity contribution in [2.24, 2.45) is 0 Å². The zero-order valence-electron chi connectivity index (χ0n) is 32.1. The number of nitrogens with zero attached hydrogens (tertiary/aromatic N) is 2. The van der Waals surface area contributed by atoms with Crippen molar-refractivity contribution in [3.05, 3.63) is 132 Å². The van der Waals surface area contributed by atoms with Crippen molar-refractivity contribution in [1.82, 2.24) is 0 Å². The Labute approximate surface area is 322 Å². The van der Waals surface area contributed by atoms with Crippen LogP contribution >= 0.6 is 0 Å². The molecule has 5 rings (SSSR count). The number of anilines is 2. The first-order chi connectivity index (χ1) is 26.4. The first-order valence-corrected chi connectivity index (χ1v) is 19.9. The summed E-state index contributed by atoms with van der Waals surface area (Å²) in [6.45, 7) is 5.60. The molecule has 0 unspecified atom stereocenters. The summed E-state index contributed by atoms with van der Waals surface area (Å²) in [6.07, 6.45) is 13.4. The average Bonchev–Trinajstić information content (AvgIpc) is 3.21. The van der Waals surface area contributed by atoms with E-state index in [1.807, 2.05) is 107 Å². The summed E-state index contributed by atoms with van der Waals surface area (Å²) >= 11 is 0. The Morgan fingerprint density at radius 3 is 1.09 bits per heavy atom. The third-order valence-electron chi connectivity index (χ3n) is 10.1. The minimum atomic E-state index is -0.0726. The SMILES string of the molecule is CCCCCCCCN(C(=O)c1ccc(-c2ccc(O)cc2)cc1)c1cccc(N(CCCCCCCC)C(=O)c2ccc(-c3ccc(O)cc3)cc2)c1. The molecule has 0 heterocycles. The molecule has 6 heteroatoms. The number of aromatic hydroxyl groups is 2. The van der Waals surface area contributed by atoms with Gasteiger partial charge in [0.2, 0.25) is 0 Å². The van der Waals surface area contributed by atoms with Gasteiger partial charge in [-0.05, 0) is 102 Å². The summed E-state index contributed by atoms with van der Waals surface area (Å²) in [5.74, 6) is 0.288. The second kappa shape index (κ2) is 20.8. The Balaban J connectivity index is 1.41. The van der Waals surface area contributed by atoms with Gasteiger partial charge in [0.05, 0.1) is 0 Å². The van der Waals surface area contributed by atoms with Crippen molar-refractivity contribution in [3.63, 3.8) is 0 Å². The average molecular weight is 725 g/mol. The van der Waals surface area contributed by atoms with Gasteiger partial charge in [-0.15, -0.1) is 0 Å². The van der Waals surface area contributed by atoms with E-state index in [-0.39, 0.29) is 23.3 Å². The van der Waals surface area contributed by atoms with Crippen molar-refractivity contribution in [2.75, 3.05) is 22.9 Å². The van der Waals surface area contributed by atoms with Gasteiger partial charge in [0.15, 0.2) is 0 Å². The molecule has 0 aliphatic rings. The zero-order valence-corrected chi connectivity index (χ0v) is 32.1. The first kappa shape index (κ1) is 39.8. The number of phenolic OH excluding ortho intramolecular Hbond substituents is 2. The lowest BCUT2D eigenvalue weighted by Crippen LogP contribution is -2.34. The van der Waals surface area contributed by atoms with Crippen molar-refractivity contribution in [1.29, 1.82) is 0 Å². The van der Waals surface area contributed by atoms with Crippen molar-refractivity contribution in [2.45, 2.75) is 90.9 Å². The molecule has 0 saturated carbocycles. The van der Waals surface area contributed by atoms with Crippen LogP contribution in [0.5, 0.6) is 11.5 Å². The fraction of sp³-hybridized carbons (Fsp3) is 0.333. The molecule has 6 nitrogen and oxygen atoms in total. The molecule has 0 radical (unpaired) electrons. The van der Waals surface area contributed by atoms with Gasteiger partial charge in [-0.1, -0.05) is 133 Å². The van der Waals surface area contributed by atoms with Gasteiger partial charge in [-0.2, -0.15) is 0 Å². The molecule has 2 N–H and O–H groups in total. The highest BCUT2D eigenvalue weighted by molar-refractivity contribution is 6.08. The quantitative estimate of drug-likeness (QED) is 0.0783. The summed E-state index contributed by atoms with van der Waals surface area (Å²) in [6, 6.07) is 37.3. The molecule has 5 aromatic rings. The van der Waals surface area contributed by atoms with Crippen molar-refractivity contribution >= 4 is 23.2 Å². The standard InChI is InChI=1S/C48H56N2O4/c1-3-5-7-9-11-13-34-49(47(53)41-22-18-37(19-23-41)39-26-30-45(51)31-27-39)43-16-15-17-44(36-43)50(35-14-12-10-8-6-4-2)48(54)42-24-20-38(21-25-42)40-28-32-46(52)33-29-40/h15-33,36,51-52H,3-14,34-35H2,1-2H3. The van der Waals surface area contributed by atoms with Crippen molar-refractivity contribution < 1.29 is 19.8 Å². The number of unbranched alkanes of at least 4 members (excludes halogenated alkanes) is 10. The van der Waals surface area contributed by atoms with Crippen LogP contribution in [0, 0.1) is 0 Å². The van der Waals surface area contributed by atoms with Gasteiger partial charge in [0.1, 0.15) is 11.5 Å². The molecule has 0 atom stereocenters. The summed E-state index contributed by atoms with van der Waals surface area (Å²) in [7, 11) is 0. The van der Waals surface area contributed by atoms with Crippen LogP contribution in [0.25, 0.3) is 22.3 Å². The fourth-order valence-electron chi connectivity index (χ4n) is 6.86. The molecule has 0 saturated heterocycles. The number of hydrogen-bond donors (Lipinski definition) is 2. The number of phenols is 2. The minimum absolute atomic E-state index is 0.0726. The minimum Gasteiger partial charge on any atom is -0.508 e. The third-order valence-corrected chi connectivity index (χ3v) is 10.1. The van der Waals surface area contributed by atoms with Crippen LogP contribution in [0.1, 0.15) is 112 Å². The maximum atomic E-state index is 14.3. The van der Waals surface area contributed by atoms with E-state index in [0.717, 1.165) is 72.2 Å². The number of rotatable bonds is 20. The van der Waals surface area contributed by atoms with E-state index in [1.165, 1.54) is 38.5 Å². The Kier molecular flexibility index (Phi) is 15.3. The van der Waals surface area contributed by atoms with Gasteiger partial charge in [-0.25, -0.2) is 0 Å². The predicted octanol–water partition coefficient (Wildman–Crippen LogP) is 12.4. The van der Waals surface area contributed by atoms with E-state index in [0.29, 0.717) is 24.2 Å². The highest BCUT2D eigenvalue weighted by atomic mass is 16.3. The van der Waals surface area contributed by atoms with E-state index < -0.39 is 0 Å². The highest BCUT2D eigenvalue weighted by Crippen LogP contribution is 2.29. The van der Waals surface area contributed by atoms with E-state index in [9.17, 15) is 19.8 Å². The van der Waals surface area contributed by atoms with E-state index >= 15 is 0 Å².